The third-order valence-corrected chi connectivity index (χ3v) is 6.15. The fraction of sp³-hybridized carbons (Fsp3) is 0.400. The van der Waals surface area contributed by atoms with E-state index in [0.717, 1.165) is 48.9 Å². The highest BCUT2D eigenvalue weighted by Crippen LogP contribution is 2.43. The Balaban J connectivity index is 0.000000427. The van der Waals surface area contributed by atoms with Crippen LogP contribution in [0, 0.1) is 5.92 Å². The normalized spacial score (nSPS) is 17.5. The predicted molar refractivity (Wildman–Crippen MR) is 119 cm³/mol. The van der Waals surface area contributed by atoms with Gasteiger partial charge >= 0.3 is 11.9 Å². The summed E-state index contributed by atoms with van der Waals surface area (Å²) in [5.41, 5.74) is 0.619. The first-order chi connectivity index (χ1) is 15.3. The summed E-state index contributed by atoms with van der Waals surface area (Å²) in [6, 6.07) is 17.9. The molecule has 2 N–H and O–H groups in total. The van der Waals surface area contributed by atoms with E-state index in [1.807, 2.05) is 48.5 Å². The number of hydrogen-bond acceptors (Lipinski definition) is 5. The molecule has 1 aliphatic heterocycles. The topological polar surface area (TPSA) is 104 Å². The van der Waals surface area contributed by atoms with E-state index in [4.69, 9.17) is 24.5 Å². The Morgan fingerprint density at radius 3 is 2.03 bits per heavy atom. The van der Waals surface area contributed by atoms with Gasteiger partial charge in [0.05, 0.1) is 5.41 Å². The second-order valence-corrected chi connectivity index (χ2v) is 8.40. The Hall–Kier alpha value is -3.19. The molecule has 1 aliphatic carbocycles. The molecule has 7 heteroatoms. The molecular formula is C25H29NO6. The summed E-state index contributed by atoms with van der Waals surface area (Å²) >= 11 is 0. The zero-order valence-corrected chi connectivity index (χ0v) is 18.2. The zero-order valence-electron chi connectivity index (χ0n) is 18.2. The van der Waals surface area contributed by atoms with E-state index >= 15 is 0 Å². The second-order valence-electron chi connectivity index (χ2n) is 8.40. The fourth-order valence-corrected chi connectivity index (χ4v) is 4.16. The average molecular weight is 440 g/mol. The first-order valence-electron chi connectivity index (χ1n) is 10.8. The minimum absolute atomic E-state index is 0.257. The average Bonchev–Trinajstić information content (AvgIpc) is 3.60. The standard InChI is InChI=1S/C23H27NO2.C2H2O4/c1-18(25)23(13-15-24(16-14-23)17-19-11-12-19)21-9-5-6-10-22(21)26-20-7-3-2-4-8-20;3-1(4)2(5)6/h2-10,19H,11-17H2,1H3;(H,3,4)(H,5,6). The van der Waals surface area contributed by atoms with Crippen molar-refractivity contribution in [2.24, 2.45) is 5.92 Å². The summed E-state index contributed by atoms with van der Waals surface area (Å²) in [6.45, 7) is 4.94. The summed E-state index contributed by atoms with van der Waals surface area (Å²) in [7, 11) is 0. The molecule has 0 amide bonds. The molecule has 0 spiro atoms. The van der Waals surface area contributed by atoms with Gasteiger partial charge in [-0.25, -0.2) is 9.59 Å². The Labute approximate surface area is 187 Å². The smallest absolute Gasteiger partial charge is 0.414 e. The van der Waals surface area contributed by atoms with E-state index < -0.39 is 17.4 Å². The number of ketones is 1. The molecule has 2 aromatic carbocycles. The van der Waals surface area contributed by atoms with Gasteiger partial charge in [-0.2, -0.15) is 0 Å². The number of carbonyl (C=O) groups excluding carboxylic acids is 1. The molecule has 0 aromatic heterocycles. The monoisotopic (exact) mass is 439 g/mol. The van der Waals surface area contributed by atoms with Crippen LogP contribution in [0.1, 0.15) is 38.2 Å². The Kier molecular flexibility index (Phi) is 7.64. The first kappa shape index (κ1) is 23.5. The number of likely N-dealkylation sites (tertiary alicyclic amines) is 1. The molecule has 0 unspecified atom stereocenters. The maximum absolute atomic E-state index is 12.8. The molecule has 1 saturated carbocycles. The lowest BCUT2D eigenvalue weighted by molar-refractivity contribution is -0.159. The third kappa shape index (κ3) is 5.95. The van der Waals surface area contributed by atoms with Gasteiger partial charge in [0.25, 0.3) is 0 Å². The highest BCUT2D eigenvalue weighted by atomic mass is 16.5. The molecule has 32 heavy (non-hydrogen) atoms. The van der Waals surface area contributed by atoms with Gasteiger partial charge in [-0.1, -0.05) is 36.4 Å². The quantitative estimate of drug-likeness (QED) is 0.656. The Bertz CT molecular complexity index is 934. The molecule has 2 fully saturated rings. The highest BCUT2D eigenvalue weighted by molar-refractivity contribution is 6.27. The van der Waals surface area contributed by atoms with Gasteiger partial charge in [0, 0.05) is 12.1 Å². The lowest BCUT2D eigenvalue weighted by Gasteiger charge is -2.41. The third-order valence-electron chi connectivity index (χ3n) is 6.15. The van der Waals surface area contributed by atoms with Crippen LogP contribution in [-0.2, 0) is 19.8 Å². The Morgan fingerprint density at radius 1 is 0.938 bits per heavy atom. The van der Waals surface area contributed by atoms with Crippen LogP contribution in [-0.4, -0.2) is 52.5 Å². The van der Waals surface area contributed by atoms with Crippen LogP contribution in [0.15, 0.2) is 54.6 Å². The van der Waals surface area contributed by atoms with Gasteiger partial charge in [0.15, 0.2) is 0 Å². The number of carbonyl (C=O) groups is 3. The molecule has 2 aromatic rings. The summed E-state index contributed by atoms with van der Waals surface area (Å²) in [4.78, 5) is 33.5. The molecular weight excluding hydrogens is 410 g/mol. The molecule has 2 aliphatic rings. The second kappa shape index (κ2) is 10.4. The van der Waals surface area contributed by atoms with Crippen molar-refractivity contribution in [2.75, 3.05) is 19.6 Å². The van der Waals surface area contributed by atoms with Crippen molar-refractivity contribution >= 4 is 17.7 Å². The number of aliphatic carboxylic acids is 2. The van der Waals surface area contributed by atoms with Gasteiger partial charge < -0.3 is 19.8 Å². The van der Waals surface area contributed by atoms with Crippen LogP contribution in [0.3, 0.4) is 0 Å². The van der Waals surface area contributed by atoms with Crippen LogP contribution in [0.2, 0.25) is 0 Å². The number of rotatable bonds is 6. The number of para-hydroxylation sites is 2. The molecule has 7 nitrogen and oxygen atoms in total. The summed E-state index contributed by atoms with van der Waals surface area (Å²) in [5.74, 6) is -0.874. The lowest BCUT2D eigenvalue weighted by atomic mass is 9.69. The minimum Gasteiger partial charge on any atom is -0.473 e. The highest BCUT2D eigenvalue weighted by Gasteiger charge is 2.43. The van der Waals surface area contributed by atoms with E-state index in [-0.39, 0.29) is 5.78 Å². The molecule has 1 heterocycles. The number of hydrogen-bond donors (Lipinski definition) is 2. The summed E-state index contributed by atoms with van der Waals surface area (Å²) in [6.07, 6.45) is 4.51. The van der Waals surface area contributed by atoms with Gasteiger partial charge in [-0.15, -0.1) is 0 Å². The van der Waals surface area contributed by atoms with Gasteiger partial charge in [0.1, 0.15) is 17.3 Å². The summed E-state index contributed by atoms with van der Waals surface area (Å²) < 4.78 is 6.17. The molecule has 0 radical (unpaired) electrons. The van der Waals surface area contributed by atoms with Crippen LogP contribution in [0.5, 0.6) is 11.5 Å². The van der Waals surface area contributed by atoms with Crippen molar-refractivity contribution in [3.05, 3.63) is 60.2 Å². The molecule has 4 rings (SSSR count). The van der Waals surface area contributed by atoms with Crippen LogP contribution < -0.4 is 4.74 Å². The largest absolute Gasteiger partial charge is 0.473 e. The number of carboxylic acid groups (broad SMARTS) is 2. The minimum atomic E-state index is -1.82. The number of ether oxygens (including phenoxy) is 1. The molecule has 0 bridgehead atoms. The molecule has 1 saturated heterocycles. The van der Waals surface area contributed by atoms with Crippen molar-refractivity contribution in [1.82, 2.24) is 4.90 Å². The van der Waals surface area contributed by atoms with Crippen LogP contribution in [0.4, 0.5) is 0 Å². The fourth-order valence-electron chi connectivity index (χ4n) is 4.16. The van der Waals surface area contributed by atoms with E-state index in [9.17, 15) is 4.79 Å². The molecule has 0 atom stereocenters. The van der Waals surface area contributed by atoms with Crippen molar-refractivity contribution in [2.45, 2.75) is 38.0 Å². The van der Waals surface area contributed by atoms with Crippen molar-refractivity contribution in [3.63, 3.8) is 0 Å². The van der Waals surface area contributed by atoms with E-state index in [0.29, 0.717) is 0 Å². The van der Waals surface area contributed by atoms with Crippen LogP contribution >= 0.6 is 0 Å². The van der Waals surface area contributed by atoms with Gasteiger partial charge in [0.2, 0.25) is 0 Å². The predicted octanol–water partition coefficient (Wildman–Crippen LogP) is 3.97. The maximum atomic E-state index is 12.8. The zero-order chi connectivity index (χ0) is 23.1. The Morgan fingerprint density at radius 2 is 1.50 bits per heavy atom. The maximum Gasteiger partial charge on any atom is 0.414 e. The van der Waals surface area contributed by atoms with Gasteiger partial charge in [-0.05, 0) is 69.8 Å². The number of piperidine rings is 1. The number of Topliss-reactive ketones (excluding diaryl/α,β-unsaturated/α-hetero) is 1. The van der Waals surface area contributed by atoms with Gasteiger partial charge in [-0.3, -0.25) is 4.79 Å². The van der Waals surface area contributed by atoms with Crippen molar-refractivity contribution in [3.8, 4) is 11.5 Å². The number of benzene rings is 2. The van der Waals surface area contributed by atoms with E-state index in [2.05, 4.69) is 11.0 Å². The van der Waals surface area contributed by atoms with Crippen molar-refractivity contribution < 1.29 is 29.3 Å². The summed E-state index contributed by atoms with van der Waals surface area (Å²) in [5, 5.41) is 14.8. The number of carboxylic acids is 2. The first-order valence-corrected chi connectivity index (χ1v) is 10.8. The number of nitrogens with zero attached hydrogens (tertiary/aromatic N) is 1. The lowest BCUT2D eigenvalue weighted by Crippen LogP contribution is -2.47. The van der Waals surface area contributed by atoms with E-state index in [1.165, 1.54) is 19.4 Å². The molecule has 170 valence electrons. The SMILES string of the molecule is CC(=O)C1(c2ccccc2Oc2ccccc2)CCN(CC2CC2)CC1.O=C(O)C(=O)O. The van der Waals surface area contributed by atoms with E-state index in [1.54, 1.807) is 6.92 Å². The van der Waals surface area contributed by atoms with Crippen molar-refractivity contribution in [1.29, 1.82) is 0 Å². The van der Waals surface area contributed by atoms with Crippen LogP contribution in [0.25, 0.3) is 0 Å².